The van der Waals surface area contributed by atoms with E-state index < -0.39 is 29.0 Å². The number of β-amino-alcohol motifs (C(OH)–C–C–N with tert-alkyl or cyclic N) is 1. The molecule has 4 heterocycles. The Balaban J connectivity index is 0.759. The molecule has 8 rings (SSSR count). The third kappa shape index (κ3) is 11.3. The van der Waals surface area contributed by atoms with Gasteiger partial charge in [-0.2, -0.15) is 10.5 Å². The molecule has 4 amide bonds. The van der Waals surface area contributed by atoms with Crippen LogP contribution in [0.4, 0.5) is 0 Å². The van der Waals surface area contributed by atoms with Crippen molar-refractivity contribution in [1.82, 2.24) is 35.6 Å². The molecule has 3 aromatic carbocycles. The van der Waals surface area contributed by atoms with Crippen LogP contribution < -0.4 is 20.7 Å². The van der Waals surface area contributed by atoms with Crippen LogP contribution in [0.3, 0.4) is 0 Å². The zero-order chi connectivity index (χ0) is 50.6. The molecule has 4 N–H and O–H groups in total. The number of rotatable bonds is 17. The van der Waals surface area contributed by atoms with Gasteiger partial charge >= 0.3 is 0 Å². The van der Waals surface area contributed by atoms with Gasteiger partial charge in [0.2, 0.25) is 17.7 Å². The highest BCUT2D eigenvalue weighted by Gasteiger charge is 2.64. The number of amides is 4. The van der Waals surface area contributed by atoms with E-state index in [0.717, 1.165) is 59.7 Å². The van der Waals surface area contributed by atoms with Gasteiger partial charge in [-0.1, -0.05) is 64.1 Å². The van der Waals surface area contributed by atoms with Crippen molar-refractivity contribution in [3.8, 4) is 28.3 Å². The van der Waals surface area contributed by atoms with Crippen molar-refractivity contribution in [2.45, 2.75) is 97.2 Å². The highest BCUT2D eigenvalue weighted by molar-refractivity contribution is 7.13. The second-order valence-corrected chi connectivity index (χ2v) is 21.6. The monoisotopic (exact) mass is 983 g/mol. The first-order valence-electron chi connectivity index (χ1n) is 24.6. The molecule has 1 aliphatic carbocycles. The standard InChI is InChI=1S/C54H65N9O7S/c1-33(36-13-15-37(16-14-36)47-34(2)57-32-71-47)58-49(67)44-25-42(64)28-63(44)50(68)46(41-30-69-31-41)59-45(65)29-62-22-20-61(21-23-62)19-7-8-35-9-11-38(12-10-35)48(66)60-51-53(3,4)52(54(51,5)6)70-43-18-17-39(26-55)40(24-43)27-56/h9-18,24,32-33,41-42,44,46,51-52,64H,7-8,19-23,25,28-31H2,1-6H3,(H,58,67)(H,59,65)(H,60,66)/t33?,42-,44+,46-,51-,52-/m1/s1. The van der Waals surface area contributed by atoms with Crippen molar-refractivity contribution in [2.24, 2.45) is 16.7 Å². The van der Waals surface area contributed by atoms with Crippen LogP contribution in [0.2, 0.25) is 0 Å². The molecule has 4 atom stereocenters. The second kappa shape index (κ2) is 21.6. The summed E-state index contributed by atoms with van der Waals surface area (Å²) < 4.78 is 11.8. The van der Waals surface area contributed by atoms with Gasteiger partial charge in [0, 0.05) is 67.5 Å². The van der Waals surface area contributed by atoms with E-state index in [2.05, 4.69) is 64.5 Å². The Kier molecular flexibility index (Phi) is 15.6. The average molecular weight is 984 g/mol. The first-order chi connectivity index (χ1) is 34.0. The molecule has 374 valence electrons. The number of carbonyl (C=O) groups excluding carboxylic acids is 4. The molecule has 0 bridgehead atoms. The lowest BCUT2D eigenvalue weighted by atomic mass is 9.49. The molecular weight excluding hydrogens is 919 g/mol. The molecule has 71 heavy (non-hydrogen) atoms. The summed E-state index contributed by atoms with van der Waals surface area (Å²) in [5.74, 6) is -0.866. The van der Waals surface area contributed by atoms with Crippen LogP contribution in [0.15, 0.2) is 72.2 Å². The first-order valence-corrected chi connectivity index (χ1v) is 25.5. The number of hydrogen-bond donors (Lipinski definition) is 4. The summed E-state index contributed by atoms with van der Waals surface area (Å²) in [6.07, 6.45) is 0.792. The van der Waals surface area contributed by atoms with Crippen molar-refractivity contribution in [2.75, 3.05) is 59.0 Å². The molecule has 3 saturated heterocycles. The van der Waals surface area contributed by atoms with Gasteiger partial charge in [-0.15, -0.1) is 11.3 Å². The van der Waals surface area contributed by atoms with Gasteiger partial charge in [-0.25, -0.2) is 4.98 Å². The van der Waals surface area contributed by atoms with Gasteiger partial charge in [-0.05, 0) is 80.3 Å². The number of likely N-dealkylation sites (tertiary alicyclic amines) is 1. The van der Waals surface area contributed by atoms with Crippen LogP contribution in [-0.2, 0) is 25.5 Å². The molecule has 1 saturated carbocycles. The average Bonchev–Trinajstić information content (AvgIpc) is 3.96. The fraction of sp³-hybridized carbons (Fsp3) is 0.500. The van der Waals surface area contributed by atoms with E-state index in [4.69, 9.17) is 9.47 Å². The Morgan fingerprint density at radius 3 is 2.21 bits per heavy atom. The van der Waals surface area contributed by atoms with E-state index >= 15 is 0 Å². The number of aromatic nitrogens is 1. The highest BCUT2D eigenvalue weighted by atomic mass is 32.1. The lowest BCUT2D eigenvalue weighted by Gasteiger charge is -2.63. The number of nitrogens with one attached hydrogen (secondary N) is 3. The fourth-order valence-corrected chi connectivity index (χ4v) is 11.9. The molecule has 16 nitrogen and oxygen atoms in total. The van der Waals surface area contributed by atoms with Gasteiger partial charge in [0.1, 0.15) is 36.1 Å². The lowest BCUT2D eigenvalue weighted by molar-refractivity contribution is -0.164. The van der Waals surface area contributed by atoms with E-state index in [1.54, 1.807) is 29.5 Å². The molecule has 1 unspecified atom stereocenters. The Morgan fingerprint density at radius 2 is 1.59 bits per heavy atom. The smallest absolute Gasteiger partial charge is 0.251 e. The van der Waals surface area contributed by atoms with E-state index in [1.807, 2.05) is 74.0 Å². The Morgan fingerprint density at radius 1 is 0.915 bits per heavy atom. The lowest BCUT2D eigenvalue weighted by Crippen LogP contribution is -2.74. The number of nitrogens with zero attached hydrogens (tertiary/aromatic N) is 6. The molecule has 17 heteroatoms. The summed E-state index contributed by atoms with van der Waals surface area (Å²) in [6.45, 7) is 16.8. The number of aliphatic hydroxyl groups is 1. The number of thiazole rings is 1. The van der Waals surface area contributed by atoms with E-state index in [9.17, 15) is 34.8 Å². The number of carbonyl (C=O) groups is 4. The summed E-state index contributed by atoms with van der Waals surface area (Å²) >= 11 is 1.58. The quantitative estimate of drug-likeness (QED) is 0.110. The maximum absolute atomic E-state index is 14.2. The number of hydrogen-bond acceptors (Lipinski definition) is 13. The summed E-state index contributed by atoms with van der Waals surface area (Å²) in [5, 5.41) is 38.8. The third-order valence-corrected chi connectivity index (χ3v) is 15.9. The van der Waals surface area contributed by atoms with Gasteiger partial charge < -0.3 is 40.3 Å². The fourth-order valence-electron chi connectivity index (χ4n) is 11.1. The van der Waals surface area contributed by atoms with Crippen LogP contribution in [-0.4, -0.2) is 138 Å². The van der Waals surface area contributed by atoms with Gasteiger partial charge in [-0.3, -0.25) is 24.1 Å². The molecule has 1 aromatic heterocycles. The van der Waals surface area contributed by atoms with Crippen molar-refractivity contribution in [3.05, 3.63) is 106 Å². The topological polar surface area (TPSA) is 213 Å². The Labute approximate surface area is 420 Å². The maximum atomic E-state index is 14.2. The summed E-state index contributed by atoms with van der Waals surface area (Å²) in [5.41, 5.74) is 6.23. The molecule has 0 radical (unpaired) electrons. The zero-order valence-electron chi connectivity index (χ0n) is 41.4. The van der Waals surface area contributed by atoms with Crippen molar-refractivity contribution < 1.29 is 33.8 Å². The second-order valence-electron chi connectivity index (χ2n) is 20.8. The number of piperazine rings is 1. The minimum Gasteiger partial charge on any atom is -0.489 e. The number of benzene rings is 3. The SMILES string of the molecule is Cc1ncsc1-c1ccc(C(C)NC(=O)[C@@H]2C[C@@H](O)CN2C(=O)[C@H](NC(=O)CN2CCN(CCCc3ccc(C(=O)N[C@H]4C(C)(C)[C@H](Oc5ccc(C#N)c(C#N)c5)C4(C)C)cc3)CC2)C2COC2)cc1. The van der Waals surface area contributed by atoms with E-state index in [1.165, 1.54) is 4.90 Å². The molecule has 0 spiro atoms. The van der Waals surface area contributed by atoms with Crippen LogP contribution in [0.1, 0.15) is 91.8 Å². The first kappa shape index (κ1) is 51.2. The number of aliphatic hydroxyl groups excluding tert-OH is 1. The number of ether oxygens (including phenoxy) is 2. The summed E-state index contributed by atoms with van der Waals surface area (Å²) in [6, 6.07) is 22.4. The predicted molar refractivity (Wildman–Crippen MR) is 268 cm³/mol. The Bertz CT molecular complexity index is 2650. The van der Waals surface area contributed by atoms with Crippen LogP contribution in [0.5, 0.6) is 5.75 Å². The van der Waals surface area contributed by atoms with E-state index in [-0.39, 0.29) is 72.8 Å². The number of nitriles is 2. The van der Waals surface area contributed by atoms with Crippen LogP contribution >= 0.6 is 11.3 Å². The van der Waals surface area contributed by atoms with Gasteiger partial charge in [0.05, 0.1) is 59.1 Å². The molecule has 4 aromatic rings. The minimum atomic E-state index is -0.877. The highest BCUT2D eigenvalue weighted by Crippen LogP contribution is 2.55. The largest absolute Gasteiger partial charge is 0.489 e. The summed E-state index contributed by atoms with van der Waals surface area (Å²) in [7, 11) is 0. The molecule has 4 fully saturated rings. The van der Waals surface area contributed by atoms with Crippen molar-refractivity contribution in [1.29, 1.82) is 10.5 Å². The maximum Gasteiger partial charge on any atom is 0.251 e. The zero-order valence-corrected chi connectivity index (χ0v) is 42.3. The normalized spacial score (nSPS) is 22.7. The third-order valence-electron chi connectivity index (χ3n) is 14.9. The van der Waals surface area contributed by atoms with Crippen molar-refractivity contribution in [3.63, 3.8) is 0 Å². The summed E-state index contributed by atoms with van der Waals surface area (Å²) in [4.78, 5) is 66.3. The predicted octanol–water partition coefficient (Wildman–Crippen LogP) is 4.99. The Hall–Kier alpha value is -6.21. The molecule has 3 aliphatic heterocycles. The van der Waals surface area contributed by atoms with Gasteiger partial charge in [0.15, 0.2) is 0 Å². The van der Waals surface area contributed by atoms with E-state index in [0.29, 0.717) is 43.2 Å². The van der Waals surface area contributed by atoms with Crippen LogP contribution in [0.25, 0.3) is 10.4 Å². The van der Waals surface area contributed by atoms with Crippen molar-refractivity contribution >= 4 is 35.0 Å². The van der Waals surface area contributed by atoms with Crippen LogP contribution in [0, 0.1) is 46.3 Å². The molecular formula is C54H65N9O7S. The molecule has 4 aliphatic rings. The minimum absolute atomic E-state index is 0.00514. The number of aryl methyl sites for hydroxylation is 2. The van der Waals surface area contributed by atoms with Gasteiger partial charge in [0.25, 0.3) is 5.91 Å².